The first kappa shape index (κ1) is 16.7. The predicted octanol–water partition coefficient (Wildman–Crippen LogP) is -0.545. The Hall–Kier alpha value is -2.68. The van der Waals surface area contributed by atoms with Gasteiger partial charge in [0.05, 0.1) is 6.34 Å². The number of carbonyl (C=O) groups excluding carboxylic acids is 1. The molecular weight excluding hydrogens is 298 g/mol. The van der Waals surface area contributed by atoms with Gasteiger partial charge in [-0.1, -0.05) is 12.1 Å². The fourth-order valence-electron chi connectivity index (χ4n) is 2.00. The maximum absolute atomic E-state index is 11.9. The second-order valence-corrected chi connectivity index (χ2v) is 4.81. The summed E-state index contributed by atoms with van der Waals surface area (Å²) in [6.07, 6.45) is -0.896. The average Bonchev–Trinajstić information content (AvgIpc) is 2.52. The van der Waals surface area contributed by atoms with E-state index in [2.05, 4.69) is 10.3 Å². The maximum atomic E-state index is 11.9. The Morgan fingerprint density at radius 1 is 1.26 bits per heavy atom. The minimum atomic E-state index is -1.01. The van der Waals surface area contributed by atoms with Crippen molar-refractivity contribution in [3.8, 4) is 5.75 Å². The number of amides is 1. The van der Waals surface area contributed by atoms with E-state index in [1.54, 1.807) is 30.3 Å². The van der Waals surface area contributed by atoms with Crippen LogP contribution in [0.4, 0.5) is 0 Å². The molecule has 0 saturated heterocycles. The molecule has 0 aliphatic carbocycles. The lowest BCUT2D eigenvalue weighted by Gasteiger charge is -2.11. The number of aliphatic hydroxyl groups excluding tert-OH is 1. The van der Waals surface area contributed by atoms with Crippen LogP contribution in [0.25, 0.3) is 10.8 Å². The molecule has 0 saturated carbocycles. The van der Waals surface area contributed by atoms with E-state index in [-0.39, 0.29) is 12.5 Å². The van der Waals surface area contributed by atoms with Gasteiger partial charge in [-0.2, -0.15) is 0 Å². The Kier molecular flexibility index (Phi) is 5.47. The van der Waals surface area contributed by atoms with Gasteiger partial charge in [0, 0.05) is 5.56 Å². The van der Waals surface area contributed by atoms with Gasteiger partial charge in [0.1, 0.15) is 18.6 Å². The van der Waals surface area contributed by atoms with E-state index < -0.39 is 12.5 Å². The van der Waals surface area contributed by atoms with Gasteiger partial charge in [0.25, 0.3) is 5.91 Å². The van der Waals surface area contributed by atoms with Gasteiger partial charge in [-0.15, -0.1) is 0 Å². The topological polar surface area (TPSA) is 149 Å². The van der Waals surface area contributed by atoms with Crippen molar-refractivity contribution >= 4 is 23.0 Å². The number of rotatable bonds is 6. The van der Waals surface area contributed by atoms with Crippen LogP contribution in [0.2, 0.25) is 0 Å². The number of nitrogens with one attached hydrogen (secondary N) is 1. The number of aliphatic hydroxyl groups is 1. The molecule has 0 aliphatic heterocycles. The van der Waals surface area contributed by atoms with Crippen molar-refractivity contribution < 1.29 is 14.6 Å². The van der Waals surface area contributed by atoms with Crippen LogP contribution in [-0.4, -0.2) is 36.5 Å². The van der Waals surface area contributed by atoms with Crippen LogP contribution in [0.15, 0.2) is 41.4 Å². The number of aliphatic imine (C=N–C) groups is 1. The second kappa shape index (κ2) is 7.54. The number of hydrogen-bond acceptors (Lipinski definition) is 6. The third kappa shape index (κ3) is 4.65. The van der Waals surface area contributed by atoms with E-state index in [9.17, 15) is 9.90 Å². The first-order chi connectivity index (χ1) is 11.0. The third-order valence-corrected chi connectivity index (χ3v) is 3.03. The summed E-state index contributed by atoms with van der Waals surface area (Å²) in [6, 6.07) is 10.5. The molecule has 8 nitrogen and oxygen atoms in total. The lowest BCUT2D eigenvalue weighted by atomic mass is 10.1. The third-order valence-electron chi connectivity index (χ3n) is 3.03. The molecule has 0 bridgehead atoms. The van der Waals surface area contributed by atoms with Gasteiger partial charge >= 0.3 is 0 Å². The monoisotopic (exact) mass is 317 g/mol. The van der Waals surface area contributed by atoms with E-state index in [0.717, 1.165) is 17.1 Å². The molecule has 0 aromatic heterocycles. The molecule has 0 spiro atoms. The Morgan fingerprint density at radius 2 is 1.96 bits per heavy atom. The molecule has 1 atom stereocenters. The van der Waals surface area contributed by atoms with Gasteiger partial charge in [0.15, 0.2) is 6.23 Å². The molecule has 122 valence electrons. The van der Waals surface area contributed by atoms with E-state index in [0.29, 0.717) is 11.3 Å². The molecule has 0 radical (unpaired) electrons. The Labute approximate surface area is 132 Å². The summed E-state index contributed by atoms with van der Waals surface area (Å²) in [5.41, 5.74) is 16.2. The lowest BCUT2D eigenvalue weighted by Crippen LogP contribution is -2.48. The largest absolute Gasteiger partial charge is 0.489 e. The fraction of sp³-hybridized carbons (Fsp3) is 0.200. The summed E-state index contributed by atoms with van der Waals surface area (Å²) in [5.74, 6) is 0.231. The molecule has 2 aromatic carbocycles. The smallest absolute Gasteiger partial charge is 0.253 e. The van der Waals surface area contributed by atoms with E-state index >= 15 is 0 Å². The van der Waals surface area contributed by atoms with Crippen molar-refractivity contribution in [1.82, 2.24) is 5.32 Å². The van der Waals surface area contributed by atoms with Gasteiger partial charge in [-0.25, -0.2) is 4.99 Å². The Bertz CT molecular complexity index is 717. The summed E-state index contributed by atoms with van der Waals surface area (Å²) in [7, 11) is 0. The van der Waals surface area contributed by atoms with Crippen molar-refractivity contribution in [3.05, 3.63) is 42.0 Å². The standard InChI is InChI=1S/C15H19N5O3/c16-8-19-13(21)7-23-12-4-3-9-5-11(2-1-10(9)6-12)14(22)20-15(17)18/h1-6,8,13,15,21H,7,17-18H2,(H2,16,19)(H,20,22). The van der Waals surface area contributed by atoms with Crippen LogP contribution in [0, 0.1) is 0 Å². The molecule has 23 heavy (non-hydrogen) atoms. The van der Waals surface area contributed by atoms with Crippen LogP contribution in [0.3, 0.4) is 0 Å². The van der Waals surface area contributed by atoms with Crippen molar-refractivity contribution in [2.24, 2.45) is 22.2 Å². The summed E-state index contributed by atoms with van der Waals surface area (Å²) >= 11 is 0. The van der Waals surface area contributed by atoms with E-state index in [1.165, 1.54) is 0 Å². The molecule has 0 heterocycles. The number of benzene rings is 2. The molecule has 0 fully saturated rings. The van der Waals surface area contributed by atoms with Gasteiger partial charge < -0.3 is 20.9 Å². The zero-order valence-electron chi connectivity index (χ0n) is 12.3. The molecule has 2 aromatic rings. The quantitative estimate of drug-likeness (QED) is 0.274. The minimum absolute atomic E-state index is 0.00587. The zero-order chi connectivity index (χ0) is 16.8. The number of ether oxygens (including phenoxy) is 1. The highest BCUT2D eigenvalue weighted by molar-refractivity contribution is 5.98. The van der Waals surface area contributed by atoms with Gasteiger partial charge in [-0.05, 0) is 35.0 Å². The van der Waals surface area contributed by atoms with E-state index in [4.69, 9.17) is 21.9 Å². The highest BCUT2D eigenvalue weighted by Crippen LogP contribution is 2.22. The summed E-state index contributed by atoms with van der Waals surface area (Å²) in [4.78, 5) is 15.4. The number of nitrogens with zero attached hydrogens (tertiary/aromatic N) is 1. The second-order valence-electron chi connectivity index (χ2n) is 4.81. The lowest BCUT2D eigenvalue weighted by molar-refractivity contribution is 0.0939. The van der Waals surface area contributed by atoms with Crippen molar-refractivity contribution in [1.29, 1.82) is 0 Å². The van der Waals surface area contributed by atoms with Gasteiger partial charge in [0.2, 0.25) is 0 Å². The average molecular weight is 317 g/mol. The van der Waals surface area contributed by atoms with Crippen LogP contribution in [-0.2, 0) is 0 Å². The zero-order valence-corrected chi connectivity index (χ0v) is 12.3. The Morgan fingerprint density at radius 3 is 2.65 bits per heavy atom. The number of hydrogen-bond donors (Lipinski definition) is 5. The molecule has 8 heteroatoms. The summed E-state index contributed by atoms with van der Waals surface area (Å²) < 4.78 is 5.43. The first-order valence-corrected chi connectivity index (χ1v) is 6.89. The van der Waals surface area contributed by atoms with Crippen molar-refractivity contribution in [2.45, 2.75) is 12.5 Å². The molecular formula is C15H19N5O3. The Balaban J connectivity index is 2.14. The summed E-state index contributed by atoms with van der Waals surface area (Å²) in [5, 5.41) is 13.6. The molecule has 8 N–H and O–H groups in total. The molecule has 1 amide bonds. The number of fused-ring (bicyclic) bond motifs is 1. The predicted molar refractivity (Wildman–Crippen MR) is 87.8 cm³/mol. The molecule has 0 aliphatic rings. The normalized spacial score (nSPS) is 12.7. The maximum Gasteiger partial charge on any atom is 0.253 e. The van der Waals surface area contributed by atoms with Crippen molar-refractivity contribution in [2.75, 3.05) is 6.61 Å². The van der Waals surface area contributed by atoms with Crippen LogP contribution >= 0.6 is 0 Å². The first-order valence-electron chi connectivity index (χ1n) is 6.89. The molecule has 2 rings (SSSR count). The number of carbonyl (C=O) groups is 1. The van der Waals surface area contributed by atoms with Crippen molar-refractivity contribution in [3.63, 3.8) is 0 Å². The van der Waals surface area contributed by atoms with Crippen LogP contribution < -0.4 is 27.3 Å². The van der Waals surface area contributed by atoms with E-state index in [1.807, 2.05) is 6.07 Å². The fourth-order valence-corrected chi connectivity index (χ4v) is 2.00. The molecule has 1 unspecified atom stereocenters. The highest BCUT2D eigenvalue weighted by Gasteiger charge is 2.08. The summed E-state index contributed by atoms with van der Waals surface area (Å²) in [6.45, 7) is -0.00587. The highest BCUT2D eigenvalue weighted by atomic mass is 16.5. The number of nitrogens with two attached hydrogens (primary N) is 3. The van der Waals surface area contributed by atoms with Gasteiger partial charge in [-0.3, -0.25) is 16.3 Å². The minimum Gasteiger partial charge on any atom is -0.489 e. The van der Waals surface area contributed by atoms with Crippen LogP contribution in [0.1, 0.15) is 10.4 Å². The SMILES string of the molecule is NC=NC(O)COc1ccc2cc(C(=O)NC(N)N)ccc2c1. The van der Waals surface area contributed by atoms with Crippen LogP contribution in [0.5, 0.6) is 5.75 Å².